The molecule has 1 atom stereocenters. The van der Waals surface area contributed by atoms with E-state index in [1.165, 1.54) is 11.4 Å². The lowest BCUT2D eigenvalue weighted by Gasteiger charge is -2.24. The molecule has 1 amide bonds. The number of carbonyl (C=O) groups excluding carboxylic acids is 1. The Morgan fingerprint density at radius 2 is 1.93 bits per heavy atom. The van der Waals surface area contributed by atoms with Crippen molar-refractivity contribution in [2.75, 3.05) is 5.32 Å². The van der Waals surface area contributed by atoms with E-state index in [1.807, 2.05) is 0 Å². The monoisotopic (exact) mass is 419 g/mol. The highest BCUT2D eigenvalue weighted by Gasteiger charge is 2.35. The van der Waals surface area contributed by atoms with Crippen LogP contribution in [0.4, 0.5) is 14.5 Å². The molecule has 28 heavy (non-hydrogen) atoms. The molecular formula is C20H15F2NO3S2. The third-order valence-corrected chi connectivity index (χ3v) is 7.70. The summed E-state index contributed by atoms with van der Waals surface area (Å²) in [6.07, 6.45) is -0.0855. The number of thiophene rings is 1. The summed E-state index contributed by atoms with van der Waals surface area (Å²) in [6.45, 7) is 1.78. The maximum atomic E-state index is 14.3. The van der Waals surface area contributed by atoms with Crippen molar-refractivity contribution in [1.82, 2.24) is 0 Å². The Hall–Kier alpha value is -2.58. The van der Waals surface area contributed by atoms with Crippen LogP contribution in [0, 0.1) is 18.6 Å². The Morgan fingerprint density at radius 1 is 1.14 bits per heavy atom. The Kier molecular flexibility index (Phi) is 4.55. The van der Waals surface area contributed by atoms with Gasteiger partial charge in [0.05, 0.1) is 10.6 Å². The number of anilines is 1. The Morgan fingerprint density at radius 3 is 2.68 bits per heavy atom. The lowest BCUT2D eigenvalue weighted by atomic mass is 9.90. The van der Waals surface area contributed by atoms with Crippen molar-refractivity contribution in [3.63, 3.8) is 0 Å². The molecule has 0 spiro atoms. The van der Waals surface area contributed by atoms with Crippen LogP contribution in [0.1, 0.15) is 28.3 Å². The summed E-state index contributed by atoms with van der Waals surface area (Å²) in [5, 5.41) is 4.05. The summed E-state index contributed by atoms with van der Waals surface area (Å²) in [4.78, 5) is 12.8. The van der Waals surface area contributed by atoms with Crippen LogP contribution >= 0.6 is 11.3 Å². The first kappa shape index (κ1) is 18.8. The van der Waals surface area contributed by atoms with Crippen LogP contribution in [-0.4, -0.2) is 14.3 Å². The summed E-state index contributed by atoms with van der Waals surface area (Å²) >= 11 is 1.11. The van der Waals surface area contributed by atoms with Gasteiger partial charge in [-0.1, -0.05) is 12.1 Å². The summed E-state index contributed by atoms with van der Waals surface area (Å²) in [5.74, 6) is -2.44. The first-order valence-corrected chi connectivity index (χ1v) is 10.8. The van der Waals surface area contributed by atoms with Gasteiger partial charge in [0.1, 0.15) is 16.5 Å². The second-order valence-electron chi connectivity index (χ2n) is 6.63. The van der Waals surface area contributed by atoms with Crippen molar-refractivity contribution in [3.8, 4) is 0 Å². The first-order chi connectivity index (χ1) is 13.3. The van der Waals surface area contributed by atoms with Gasteiger partial charge in [-0.3, -0.25) is 4.79 Å². The van der Waals surface area contributed by atoms with Crippen LogP contribution in [0.5, 0.6) is 0 Å². The van der Waals surface area contributed by atoms with Crippen molar-refractivity contribution in [1.29, 1.82) is 0 Å². The second kappa shape index (κ2) is 6.79. The van der Waals surface area contributed by atoms with E-state index >= 15 is 0 Å². The molecule has 144 valence electrons. The topological polar surface area (TPSA) is 63.2 Å². The molecular weight excluding hydrogens is 404 g/mol. The Bertz CT molecular complexity index is 1200. The van der Waals surface area contributed by atoms with Crippen molar-refractivity contribution < 1.29 is 22.0 Å². The highest BCUT2D eigenvalue weighted by Crippen LogP contribution is 2.46. The molecule has 2 heterocycles. The van der Waals surface area contributed by atoms with Crippen molar-refractivity contribution >= 4 is 32.8 Å². The molecule has 2 aromatic carbocycles. The summed E-state index contributed by atoms with van der Waals surface area (Å²) in [6, 6.07) is 9.53. The van der Waals surface area contributed by atoms with Crippen LogP contribution in [0.25, 0.3) is 0 Å². The molecule has 1 aliphatic heterocycles. The van der Waals surface area contributed by atoms with E-state index in [-0.39, 0.29) is 27.5 Å². The number of hydrogen-bond acceptors (Lipinski definition) is 4. The lowest BCUT2D eigenvalue weighted by molar-refractivity contribution is -0.116. The average Bonchev–Trinajstić information content (AvgIpc) is 3.07. The number of halogens is 2. The lowest BCUT2D eigenvalue weighted by Crippen LogP contribution is -2.24. The number of aryl methyl sites for hydroxylation is 1. The molecule has 1 aromatic heterocycles. The molecule has 4 nitrogen and oxygen atoms in total. The fourth-order valence-corrected chi connectivity index (χ4v) is 6.35. The minimum atomic E-state index is -3.88. The Labute approximate surface area is 164 Å². The molecule has 0 fully saturated rings. The van der Waals surface area contributed by atoms with E-state index in [0.717, 1.165) is 35.1 Å². The van der Waals surface area contributed by atoms with Gasteiger partial charge < -0.3 is 5.32 Å². The number of amides is 1. The number of nitrogens with one attached hydrogen (secondary N) is 1. The average molecular weight is 419 g/mol. The molecule has 4 rings (SSSR count). The summed E-state index contributed by atoms with van der Waals surface area (Å²) in [7, 11) is -3.88. The maximum absolute atomic E-state index is 14.3. The third-order valence-electron chi connectivity index (χ3n) is 4.68. The minimum absolute atomic E-state index is 0.0343. The van der Waals surface area contributed by atoms with Gasteiger partial charge in [-0.15, -0.1) is 11.3 Å². The molecule has 0 aliphatic carbocycles. The largest absolute Gasteiger partial charge is 0.324 e. The van der Waals surface area contributed by atoms with Crippen LogP contribution < -0.4 is 5.32 Å². The van der Waals surface area contributed by atoms with Gasteiger partial charge in [0.25, 0.3) is 0 Å². The highest BCUT2D eigenvalue weighted by atomic mass is 32.2. The van der Waals surface area contributed by atoms with Crippen molar-refractivity contribution in [2.45, 2.75) is 29.1 Å². The molecule has 1 unspecified atom stereocenters. The van der Waals surface area contributed by atoms with E-state index in [1.54, 1.807) is 25.1 Å². The predicted octanol–water partition coefficient (Wildman–Crippen LogP) is 4.64. The SMILES string of the molecule is Cc1cccc(S(=O)(=O)c2csc3c2NC(=O)CC3c2cc(F)ccc2F)c1. The van der Waals surface area contributed by atoms with Crippen LogP contribution in [-0.2, 0) is 14.6 Å². The van der Waals surface area contributed by atoms with E-state index in [0.29, 0.717) is 4.88 Å². The summed E-state index contributed by atoms with van der Waals surface area (Å²) < 4.78 is 54.2. The molecule has 0 saturated heterocycles. The van der Waals surface area contributed by atoms with Crippen molar-refractivity contribution in [2.24, 2.45) is 0 Å². The van der Waals surface area contributed by atoms with E-state index < -0.39 is 33.3 Å². The molecule has 1 N–H and O–H groups in total. The van der Waals surface area contributed by atoms with E-state index in [9.17, 15) is 22.0 Å². The minimum Gasteiger partial charge on any atom is -0.324 e. The zero-order chi connectivity index (χ0) is 20.1. The molecule has 0 saturated carbocycles. The Balaban J connectivity index is 1.87. The second-order valence-corrected chi connectivity index (χ2v) is 9.46. The third kappa shape index (κ3) is 3.12. The van der Waals surface area contributed by atoms with Crippen molar-refractivity contribution in [3.05, 3.63) is 75.5 Å². The zero-order valence-electron chi connectivity index (χ0n) is 14.7. The number of benzene rings is 2. The van der Waals surface area contributed by atoms with Gasteiger partial charge in [-0.25, -0.2) is 17.2 Å². The van der Waals surface area contributed by atoms with Gasteiger partial charge in [-0.2, -0.15) is 0 Å². The molecule has 0 bridgehead atoms. The van der Waals surface area contributed by atoms with E-state index in [2.05, 4.69) is 5.32 Å². The molecule has 1 aliphatic rings. The van der Waals surface area contributed by atoms with Gasteiger partial charge in [0.15, 0.2) is 0 Å². The van der Waals surface area contributed by atoms with Gasteiger partial charge in [0.2, 0.25) is 15.7 Å². The maximum Gasteiger partial charge on any atom is 0.225 e. The smallest absolute Gasteiger partial charge is 0.225 e. The van der Waals surface area contributed by atoms with Crippen LogP contribution in [0.2, 0.25) is 0 Å². The van der Waals surface area contributed by atoms with Gasteiger partial charge in [-0.05, 0) is 48.4 Å². The summed E-state index contributed by atoms with van der Waals surface area (Å²) in [5.41, 5.74) is 0.975. The van der Waals surface area contributed by atoms with Crippen LogP contribution in [0.3, 0.4) is 0 Å². The van der Waals surface area contributed by atoms with E-state index in [4.69, 9.17) is 0 Å². The fourth-order valence-electron chi connectivity index (χ4n) is 3.34. The zero-order valence-corrected chi connectivity index (χ0v) is 16.3. The molecule has 0 radical (unpaired) electrons. The number of sulfone groups is 1. The number of hydrogen-bond donors (Lipinski definition) is 1. The normalized spacial score (nSPS) is 16.5. The number of rotatable bonds is 3. The first-order valence-electron chi connectivity index (χ1n) is 8.45. The van der Waals surface area contributed by atoms with Gasteiger partial charge >= 0.3 is 0 Å². The number of fused-ring (bicyclic) bond motifs is 1. The molecule has 8 heteroatoms. The highest BCUT2D eigenvalue weighted by molar-refractivity contribution is 7.91. The fraction of sp³-hybridized carbons (Fsp3) is 0.150. The predicted molar refractivity (Wildman–Crippen MR) is 102 cm³/mol. The number of carbonyl (C=O) groups is 1. The van der Waals surface area contributed by atoms with Crippen LogP contribution in [0.15, 0.2) is 57.6 Å². The standard InChI is InChI=1S/C20H15F2NO3S2/c1-11-3-2-4-13(7-11)28(25,26)17-10-27-20-15(9-18(24)23-19(17)20)14-8-12(21)5-6-16(14)22/h2-8,10,15H,9H2,1H3,(H,23,24). The quantitative estimate of drug-likeness (QED) is 0.673. The van der Waals surface area contributed by atoms with Gasteiger partial charge in [0, 0.05) is 22.6 Å². The molecule has 3 aromatic rings.